The van der Waals surface area contributed by atoms with Crippen molar-refractivity contribution in [1.82, 2.24) is 9.88 Å². The van der Waals surface area contributed by atoms with Crippen molar-refractivity contribution in [2.45, 2.75) is 0 Å². The predicted molar refractivity (Wildman–Crippen MR) is 73.8 cm³/mol. The molecule has 1 aliphatic heterocycles. The molecule has 0 spiro atoms. The average Bonchev–Trinajstić information content (AvgIpc) is 2.73. The SMILES string of the molecule is O=C(c1cc2c(Br)cncc2s1)N1CC(CO)C1. The van der Waals surface area contributed by atoms with Crippen LogP contribution in [0.2, 0.25) is 0 Å². The van der Waals surface area contributed by atoms with Crippen LogP contribution in [-0.4, -0.2) is 40.6 Å². The second-order valence-corrected chi connectivity index (χ2v) is 6.34. The van der Waals surface area contributed by atoms with Crippen molar-refractivity contribution >= 4 is 43.3 Å². The van der Waals surface area contributed by atoms with E-state index in [1.54, 1.807) is 17.3 Å². The Labute approximate surface area is 116 Å². The number of hydrogen-bond acceptors (Lipinski definition) is 4. The van der Waals surface area contributed by atoms with Crippen molar-refractivity contribution in [3.63, 3.8) is 0 Å². The van der Waals surface area contributed by atoms with E-state index in [9.17, 15) is 4.79 Å². The number of likely N-dealkylation sites (tertiary alicyclic amines) is 1. The lowest BCUT2D eigenvalue weighted by Crippen LogP contribution is -2.51. The van der Waals surface area contributed by atoms with Crippen LogP contribution in [-0.2, 0) is 0 Å². The van der Waals surface area contributed by atoms with Crippen LogP contribution in [0.15, 0.2) is 22.9 Å². The smallest absolute Gasteiger partial charge is 0.263 e. The molecule has 1 N–H and O–H groups in total. The number of aliphatic hydroxyl groups is 1. The second kappa shape index (κ2) is 4.60. The van der Waals surface area contributed by atoms with Crippen LogP contribution in [0.5, 0.6) is 0 Å². The molecule has 2 aromatic heterocycles. The topological polar surface area (TPSA) is 53.4 Å². The fourth-order valence-electron chi connectivity index (χ4n) is 2.04. The number of aliphatic hydroxyl groups excluding tert-OH is 1. The molecule has 0 bridgehead atoms. The number of rotatable bonds is 2. The summed E-state index contributed by atoms with van der Waals surface area (Å²) in [5.74, 6) is 0.296. The Kier molecular flexibility index (Phi) is 3.09. The summed E-state index contributed by atoms with van der Waals surface area (Å²) >= 11 is 4.89. The van der Waals surface area contributed by atoms with E-state index >= 15 is 0 Å². The molecule has 6 heteroatoms. The highest BCUT2D eigenvalue weighted by molar-refractivity contribution is 9.10. The van der Waals surface area contributed by atoms with Crippen LogP contribution in [0.4, 0.5) is 0 Å². The molecule has 1 fully saturated rings. The molecule has 0 radical (unpaired) electrons. The standard InChI is InChI=1S/C12H11BrN2O2S/c13-9-2-14-3-11-8(9)1-10(18-11)12(17)15-4-7(5-15)6-16/h1-3,7,16H,4-6H2. The fraction of sp³-hybridized carbons (Fsp3) is 0.333. The van der Waals surface area contributed by atoms with E-state index in [4.69, 9.17) is 5.11 Å². The maximum atomic E-state index is 12.2. The van der Waals surface area contributed by atoms with Crippen molar-refractivity contribution in [3.05, 3.63) is 27.8 Å². The molecule has 4 nitrogen and oxygen atoms in total. The highest BCUT2D eigenvalue weighted by atomic mass is 79.9. The Morgan fingerprint density at radius 1 is 1.56 bits per heavy atom. The Hall–Kier alpha value is -0.980. The normalized spacial score (nSPS) is 16.0. The van der Waals surface area contributed by atoms with E-state index < -0.39 is 0 Å². The third-order valence-electron chi connectivity index (χ3n) is 3.11. The largest absolute Gasteiger partial charge is 0.396 e. The van der Waals surface area contributed by atoms with Gasteiger partial charge in [0.1, 0.15) is 0 Å². The van der Waals surface area contributed by atoms with E-state index in [0.29, 0.717) is 13.1 Å². The number of carbonyl (C=O) groups excluding carboxylic acids is 1. The summed E-state index contributed by atoms with van der Waals surface area (Å²) in [5.41, 5.74) is 0. The summed E-state index contributed by atoms with van der Waals surface area (Å²) in [4.78, 5) is 18.8. The van der Waals surface area contributed by atoms with Gasteiger partial charge in [0.15, 0.2) is 0 Å². The first-order valence-electron chi connectivity index (χ1n) is 5.62. The van der Waals surface area contributed by atoms with Gasteiger partial charge in [0.25, 0.3) is 5.91 Å². The summed E-state index contributed by atoms with van der Waals surface area (Å²) in [6, 6.07) is 1.90. The molecular weight excluding hydrogens is 316 g/mol. The van der Waals surface area contributed by atoms with Crippen molar-refractivity contribution in [1.29, 1.82) is 0 Å². The zero-order valence-corrected chi connectivity index (χ0v) is 11.9. The molecule has 2 aromatic rings. The summed E-state index contributed by atoms with van der Waals surface area (Å²) < 4.78 is 1.92. The molecule has 18 heavy (non-hydrogen) atoms. The third kappa shape index (κ3) is 1.94. The van der Waals surface area contributed by atoms with Crippen LogP contribution >= 0.6 is 27.3 Å². The van der Waals surface area contributed by atoms with Gasteiger partial charge in [0.2, 0.25) is 0 Å². The van der Waals surface area contributed by atoms with Crippen molar-refractivity contribution in [3.8, 4) is 0 Å². The van der Waals surface area contributed by atoms with Gasteiger partial charge in [-0.3, -0.25) is 9.78 Å². The zero-order chi connectivity index (χ0) is 12.7. The minimum atomic E-state index is 0.0489. The summed E-state index contributed by atoms with van der Waals surface area (Å²) in [5, 5.41) is 9.98. The lowest BCUT2D eigenvalue weighted by molar-refractivity contribution is 0.0366. The molecule has 0 unspecified atom stereocenters. The molecule has 1 saturated heterocycles. The molecule has 1 amide bonds. The van der Waals surface area contributed by atoms with Gasteiger partial charge in [-0.05, 0) is 22.0 Å². The van der Waals surface area contributed by atoms with E-state index in [2.05, 4.69) is 20.9 Å². The summed E-state index contributed by atoms with van der Waals surface area (Å²) in [7, 11) is 0. The number of carbonyl (C=O) groups is 1. The Bertz CT molecular complexity index is 607. The van der Waals surface area contributed by atoms with Gasteiger partial charge in [-0.2, -0.15) is 0 Å². The molecule has 0 saturated carbocycles. The van der Waals surface area contributed by atoms with Crippen molar-refractivity contribution < 1.29 is 9.90 Å². The van der Waals surface area contributed by atoms with Crippen LogP contribution in [0.3, 0.4) is 0 Å². The molecule has 3 rings (SSSR count). The molecular formula is C12H11BrN2O2S. The highest BCUT2D eigenvalue weighted by Gasteiger charge is 2.31. The third-order valence-corrected chi connectivity index (χ3v) is 4.80. The molecule has 0 aliphatic carbocycles. The number of nitrogens with zero attached hydrogens (tertiary/aromatic N) is 2. The van der Waals surface area contributed by atoms with Gasteiger partial charge in [-0.15, -0.1) is 11.3 Å². The lowest BCUT2D eigenvalue weighted by atomic mass is 10.0. The van der Waals surface area contributed by atoms with E-state index in [-0.39, 0.29) is 18.4 Å². The predicted octanol–water partition coefficient (Wildman–Crippen LogP) is 2.12. The minimum absolute atomic E-state index is 0.0489. The van der Waals surface area contributed by atoms with Gasteiger partial charge in [-0.1, -0.05) is 0 Å². The Balaban J connectivity index is 1.87. The van der Waals surface area contributed by atoms with Gasteiger partial charge in [0.05, 0.1) is 9.58 Å². The lowest BCUT2D eigenvalue weighted by Gasteiger charge is -2.37. The molecule has 1 aliphatic rings. The molecule has 94 valence electrons. The molecule has 0 aromatic carbocycles. The van der Waals surface area contributed by atoms with E-state index in [1.807, 2.05) is 6.07 Å². The van der Waals surface area contributed by atoms with Gasteiger partial charge < -0.3 is 10.0 Å². The second-order valence-electron chi connectivity index (χ2n) is 4.40. The maximum Gasteiger partial charge on any atom is 0.263 e. The Morgan fingerprint density at radius 3 is 3.00 bits per heavy atom. The average molecular weight is 327 g/mol. The number of amides is 1. The van der Waals surface area contributed by atoms with Gasteiger partial charge >= 0.3 is 0 Å². The monoisotopic (exact) mass is 326 g/mol. The van der Waals surface area contributed by atoms with Gasteiger partial charge in [-0.25, -0.2) is 0 Å². The number of halogens is 1. The van der Waals surface area contributed by atoms with E-state index in [0.717, 1.165) is 19.4 Å². The van der Waals surface area contributed by atoms with Gasteiger partial charge in [0, 0.05) is 47.9 Å². The van der Waals surface area contributed by atoms with Crippen LogP contribution in [0.1, 0.15) is 9.67 Å². The first-order chi connectivity index (χ1) is 8.69. The molecule has 0 atom stereocenters. The summed E-state index contributed by atoms with van der Waals surface area (Å²) in [6.07, 6.45) is 3.50. The van der Waals surface area contributed by atoms with Crippen LogP contribution in [0.25, 0.3) is 10.1 Å². The first kappa shape index (κ1) is 12.1. The highest BCUT2D eigenvalue weighted by Crippen LogP contribution is 2.32. The first-order valence-corrected chi connectivity index (χ1v) is 7.23. The van der Waals surface area contributed by atoms with Crippen LogP contribution < -0.4 is 0 Å². The van der Waals surface area contributed by atoms with Crippen molar-refractivity contribution in [2.75, 3.05) is 19.7 Å². The van der Waals surface area contributed by atoms with E-state index in [1.165, 1.54) is 11.3 Å². The number of pyridine rings is 1. The number of hydrogen-bond donors (Lipinski definition) is 1. The minimum Gasteiger partial charge on any atom is -0.396 e. The quantitative estimate of drug-likeness (QED) is 0.919. The molecule has 3 heterocycles. The maximum absolute atomic E-state index is 12.2. The van der Waals surface area contributed by atoms with Crippen molar-refractivity contribution in [2.24, 2.45) is 5.92 Å². The number of fused-ring (bicyclic) bond motifs is 1. The van der Waals surface area contributed by atoms with Crippen LogP contribution in [0, 0.1) is 5.92 Å². The Morgan fingerprint density at radius 2 is 2.33 bits per heavy atom. The number of thiophene rings is 1. The number of aromatic nitrogens is 1. The fourth-order valence-corrected chi connectivity index (χ4v) is 3.64. The zero-order valence-electron chi connectivity index (χ0n) is 9.47. The summed E-state index contributed by atoms with van der Waals surface area (Å²) in [6.45, 7) is 1.47.